The fourth-order valence-electron chi connectivity index (χ4n) is 3.00. The number of anilines is 1. The van der Waals surface area contributed by atoms with Crippen molar-refractivity contribution >= 4 is 22.4 Å². The van der Waals surface area contributed by atoms with Crippen LogP contribution in [0.2, 0.25) is 0 Å². The molecule has 2 N–H and O–H groups in total. The van der Waals surface area contributed by atoms with Crippen LogP contribution in [0.15, 0.2) is 34.6 Å². The fraction of sp³-hybridized carbons (Fsp3) is 0.474. The van der Waals surface area contributed by atoms with Crippen molar-refractivity contribution in [2.75, 3.05) is 31.6 Å². The Morgan fingerprint density at radius 3 is 2.88 bits per heavy atom. The van der Waals surface area contributed by atoms with Crippen molar-refractivity contribution in [1.29, 1.82) is 0 Å². The molecule has 2 aromatic rings. The molecule has 2 heterocycles. The summed E-state index contributed by atoms with van der Waals surface area (Å²) < 4.78 is 0. The van der Waals surface area contributed by atoms with E-state index in [1.54, 1.807) is 18.4 Å². The van der Waals surface area contributed by atoms with Crippen molar-refractivity contribution in [3.05, 3.63) is 46.5 Å². The van der Waals surface area contributed by atoms with Crippen molar-refractivity contribution in [1.82, 2.24) is 15.6 Å². The van der Waals surface area contributed by atoms with Gasteiger partial charge in [0.05, 0.1) is 5.69 Å². The number of benzene rings is 1. The summed E-state index contributed by atoms with van der Waals surface area (Å²) in [5.41, 5.74) is 3.70. The summed E-state index contributed by atoms with van der Waals surface area (Å²) in [6.45, 7) is 6.02. The molecule has 0 amide bonds. The minimum atomic E-state index is 0.775. The number of guanidine groups is 1. The molecule has 134 valence electrons. The molecule has 1 saturated heterocycles. The standard InChI is InChI=1S/C19H27N5S/c1-15-6-5-7-16(12-15)13-22-18(20-2)21-9-8-17-14-25-19(23-17)24-10-3-4-11-24/h5-7,12,14H,3-4,8-11,13H2,1-2H3,(H2,20,21,22). The van der Waals surface area contributed by atoms with Crippen LogP contribution in [0, 0.1) is 6.92 Å². The molecule has 1 aromatic heterocycles. The first-order valence-electron chi connectivity index (χ1n) is 8.94. The van der Waals surface area contributed by atoms with Crippen molar-refractivity contribution in [3.8, 4) is 0 Å². The van der Waals surface area contributed by atoms with Crippen LogP contribution in [0.4, 0.5) is 5.13 Å². The van der Waals surface area contributed by atoms with Crippen LogP contribution < -0.4 is 15.5 Å². The van der Waals surface area contributed by atoms with Crippen LogP contribution in [0.5, 0.6) is 0 Å². The Bertz CT molecular complexity index is 703. The topological polar surface area (TPSA) is 52.6 Å². The molecule has 6 heteroatoms. The molecule has 1 fully saturated rings. The third-order valence-electron chi connectivity index (χ3n) is 4.36. The van der Waals surface area contributed by atoms with Crippen LogP contribution in [0.1, 0.15) is 29.7 Å². The van der Waals surface area contributed by atoms with Crippen molar-refractivity contribution in [2.45, 2.75) is 32.7 Å². The van der Waals surface area contributed by atoms with Gasteiger partial charge in [-0.3, -0.25) is 4.99 Å². The summed E-state index contributed by atoms with van der Waals surface area (Å²) in [7, 11) is 1.81. The average molecular weight is 358 g/mol. The smallest absolute Gasteiger partial charge is 0.191 e. The van der Waals surface area contributed by atoms with Gasteiger partial charge in [0.25, 0.3) is 0 Å². The van der Waals surface area contributed by atoms with Gasteiger partial charge in [0, 0.05) is 45.0 Å². The number of thiazole rings is 1. The van der Waals surface area contributed by atoms with E-state index < -0.39 is 0 Å². The molecule has 0 atom stereocenters. The van der Waals surface area contributed by atoms with Crippen LogP contribution >= 0.6 is 11.3 Å². The first kappa shape index (κ1) is 17.7. The number of hydrogen-bond donors (Lipinski definition) is 2. The Hall–Kier alpha value is -2.08. The lowest BCUT2D eigenvalue weighted by Crippen LogP contribution is -2.37. The molecule has 5 nitrogen and oxygen atoms in total. The second-order valence-corrected chi connectivity index (χ2v) is 7.24. The highest BCUT2D eigenvalue weighted by Gasteiger charge is 2.15. The molecule has 3 rings (SSSR count). The lowest BCUT2D eigenvalue weighted by atomic mass is 10.1. The Morgan fingerprint density at radius 2 is 2.12 bits per heavy atom. The fourth-order valence-corrected chi connectivity index (χ4v) is 3.92. The Balaban J connectivity index is 1.42. The highest BCUT2D eigenvalue weighted by atomic mass is 32.1. The number of nitrogens with zero attached hydrogens (tertiary/aromatic N) is 3. The molecule has 1 aliphatic heterocycles. The van der Waals surface area contributed by atoms with E-state index in [1.807, 2.05) is 0 Å². The lowest BCUT2D eigenvalue weighted by molar-refractivity contribution is 0.785. The number of aromatic nitrogens is 1. The van der Waals surface area contributed by atoms with Gasteiger partial charge in [0.2, 0.25) is 0 Å². The maximum absolute atomic E-state index is 4.76. The molecule has 0 aliphatic carbocycles. The summed E-state index contributed by atoms with van der Waals surface area (Å²) >= 11 is 1.76. The SMILES string of the molecule is CN=C(NCCc1csc(N2CCCC2)n1)NCc1cccc(C)c1. The van der Waals surface area contributed by atoms with Gasteiger partial charge in [0.15, 0.2) is 11.1 Å². The quantitative estimate of drug-likeness (QED) is 0.616. The molecule has 0 radical (unpaired) electrons. The molecular formula is C19H27N5S. The predicted octanol–water partition coefficient (Wildman–Crippen LogP) is 2.96. The van der Waals surface area contributed by atoms with Gasteiger partial charge in [-0.2, -0.15) is 0 Å². The predicted molar refractivity (Wildman–Crippen MR) is 107 cm³/mol. The van der Waals surface area contributed by atoms with Crippen molar-refractivity contribution in [2.24, 2.45) is 4.99 Å². The number of aryl methyl sites for hydroxylation is 1. The van der Waals surface area contributed by atoms with E-state index in [9.17, 15) is 0 Å². The second-order valence-electron chi connectivity index (χ2n) is 6.41. The zero-order chi connectivity index (χ0) is 17.5. The van der Waals surface area contributed by atoms with Gasteiger partial charge in [-0.1, -0.05) is 29.8 Å². The first-order valence-corrected chi connectivity index (χ1v) is 9.82. The molecule has 1 aromatic carbocycles. The number of nitrogens with one attached hydrogen (secondary N) is 2. The number of aliphatic imine (C=N–C) groups is 1. The van der Waals surface area contributed by atoms with Crippen molar-refractivity contribution in [3.63, 3.8) is 0 Å². The first-order chi connectivity index (χ1) is 12.2. The van der Waals surface area contributed by atoms with Crippen LogP contribution in [0.25, 0.3) is 0 Å². The Labute approximate surface area is 154 Å². The summed E-state index contributed by atoms with van der Waals surface area (Å²) in [4.78, 5) is 11.4. The molecule has 0 unspecified atom stereocenters. The zero-order valence-corrected chi connectivity index (χ0v) is 15.9. The molecule has 0 saturated carbocycles. The normalized spacial score (nSPS) is 14.8. The minimum absolute atomic E-state index is 0.775. The van der Waals surface area contributed by atoms with E-state index in [-0.39, 0.29) is 0 Å². The highest BCUT2D eigenvalue weighted by molar-refractivity contribution is 7.13. The van der Waals surface area contributed by atoms with E-state index in [4.69, 9.17) is 4.98 Å². The molecule has 0 spiro atoms. The monoisotopic (exact) mass is 357 g/mol. The van der Waals surface area contributed by atoms with Gasteiger partial charge >= 0.3 is 0 Å². The van der Waals surface area contributed by atoms with Crippen LogP contribution in [-0.4, -0.2) is 37.6 Å². The maximum Gasteiger partial charge on any atom is 0.191 e. The number of rotatable bonds is 6. The Morgan fingerprint density at radius 1 is 1.28 bits per heavy atom. The number of hydrogen-bond acceptors (Lipinski definition) is 4. The second kappa shape index (κ2) is 8.85. The molecule has 25 heavy (non-hydrogen) atoms. The summed E-state index contributed by atoms with van der Waals surface area (Å²) in [6.07, 6.45) is 3.49. The van der Waals surface area contributed by atoms with E-state index in [1.165, 1.54) is 29.1 Å². The lowest BCUT2D eigenvalue weighted by Gasteiger charge is -2.13. The van der Waals surface area contributed by atoms with Gasteiger partial charge in [-0.05, 0) is 25.3 Å². The summed E-state index contributed by atoms with van der Waals surface area (Å²) in [5, 5.41) is 10.1. The molecular weight excluding hydrogens is 330 g/mol. The summed E-state index contributed by atoms with van der Waals surface area (Å²) in [5.74, 6) is 0.830. The van der Waals surface area contributed by atoms with E-state index >= 15 is 0 Å². The van der Waals surface area contributed by atoms with Crippen LogP contribution in [0.3, 0.4) is 0 Å². The van der Waals surface area contributed by atoms with E-state index in [0.717, 1.165) is 44.3 Å². The zero-order valence-electron chi connectivity index (χ0n) is 15.1. The van der Waals surface area contributed by atoms with E-state index in [0.29, 0.717) is 0 Å². The van der Waals surface area contributed by atoms with E-state index in [2.05, 4.69) is 57.1 Å². The van der Waals surface area contributed by atoms with Gasteiger partial charge < -0.3 is 15.5 Å². The minimum Gasteiger partial charge on any atom is -0.356 e. The van der Waals surface area contributed by atoms with Crippen molar-refractivity contribution < 1.29 is 0 Å². The summed E-state index contributed by atoms with van der Waals surface area (Å²) in [6, 6.07) is 8.52. The third-order valence-corrected chi connectivity index (χ3v) is 5.31. The van der Waals surface area contributed by atoms with Crippen LogP contribution in [-0.2, 0) is 13.0 Å². The third kappa shape index (κ3) is 5.19. The Kier molecular flexibility index (Phi) is 6.28. The molecule has 1 aliphatic rings. The van der Waals surface area contributed by atoms with Gasteiger partial charge in [0.1, 0.15) is 0 Å². The highest BCUT2D eigenvalue weighted by Crippen LogP contribution is 2.24. The maximum atomic E-state index is 4.76. The molecule has 0 bridgehead atoms. The largest absolute Gasteiger partial charge is 0.356 e. The van der Waals surface area contributed by atoms with Gasteiger partial charge in [-0.25, -0.2) is 4.98 Å². The average Bonchev–Trinajstić information content (AvgIpc) is 3.29. The van der Waals surface area contributed by atoms with Gasteiger partial charge in [-0.15, -0.1) is 11.3 Å².